The van der Waals surface area contributed by atoms with Crippen molar-refractivity contribution in [3.05, 3.63) is 0 Å². The molecule has 1 saturated carbocycles. The first-order valence-corrected chi connectivity index (χ1v) is 4.79. The first-order valence-electron chi connectivity index (χ1n) is 4.79. The Hall–Kier alpha value is -0.0400. The lowest BCUT2D eigenvalue weighted by Crippen LogP contribution is -2.23. The van der Waals surface area contributed by atoms with Gasteiger partial charge in [-0.3, -0.25) is 0 Å². The highest BCUT2D eigenvalue weighted by atomic mass is 16.3. The van der Waals surface area contributed by atoms with E-state index in [0.717, 1.165) is 5.92 Å². The summed E-state index contributed by atoms with van der Waals surface area (Å²) in [6, 6.07) is 0. The van der Waals surface area contributed by atoms with Crippen molar-refractivity contribution in [3.63, 3.8) is 0 Å². The van der Waals surface area contributed by atoms with Gasteiger partial charge in [0.15, 0.2) is 0 Å². The molecular formula is C10H20O. The van der Waals surface area contributed by atoms with E-state index in [1.54, 1.807) is 0 Å². The highest BCUT2D eigenvalue weighted by molar-refractivity contribution is 4.79. The van der Waals surface area contributed by atoms with Crippen molar-refractivity contribution in [2.75, 3.05) is 0 Å². The molecule has 3 atom stereocenters. The van der Waals surface area contributed by atoms with Gasteiger partial charge in [-0.1, -0.05) is 27.2 Å². The van der Waals surface area contributed by atoms with Crippen LogP contribution in [0.4, 0.5) is 0 Å². The fourth-order valence-corrected chi connectivity index (χ4v) is 2.11. The summed E-state index contributed by atoms with van der Waals surface area (Å²) in [4.78, 5) is 0. The first kappa shape index (κ1) is 9.05. The Morgan fingerprint density at radius 3 is 2.27 bits per heavy atom. The number of aliphatic hydroxyl groups is 1. The fraction of sp³-hybridized carbons (Fsp3) is 1.00. The highest BCUT2D eigenvalue weighted by Crippen LogP contribution is 2.34. The summed E-state index contributed by atoms with van der Waals surface area (Å²) in [6.07, 6.45) is 3.73. The van der Waals surface area contributed by atoms with Crippen LogP contribution in [0.2, 0.25) is 0 Å². The summed E-state index contributed by atoms with van der Waals surface area (Å²) < 4.78 is 0. The molecule has 3 unspecified atom stereocenters. The van der Waals surface area contributed by atoms with Crippen LogP contribution in [-0.4, -0.2) is 11.2 Å². The summed E-state index contributed by atoms with van der Waals surface area (Å²) in [5.41, 5.74) is 0. The quantitative estimate of drug-likeness (QED) is 0.651. The van der Waals surface area contributed by atoms with Gasteiger partial charge in [-0.25, -0.2) is 0 Å². The van der Waals surface area contributed by atoms with Gasteiger partial charge in [0.25, 0.3) is 0 Å². The second-order valence-corrected chi connectivity index (χ2v) is 4.41. The SMILES string of the molecule is CC1CCC(C(O)C(C)C)C1. The Morgan fingerprint density at radius 2 is 1.91 bits per heavy atom. The summed E-state index contributed by atoms with van der Waals surface area (Å²) in [5, 5.41) is 9.74. The number of hydrogen-bond donors (Lipinski definition) is 1. The van der Waals surface area contributed by atoms with Crippen molar-refractivity contribution in [2.24, 2.45) is 17.8 Å². The molecule has 1 fully saturated rings. The lowest BCUT2D eigenvalue weighted by atomic mass is 9.91. The Kier molecular flexibility index (Phi) is 2.94. The van der Waals surface area contributed by atoms with E-state index in [4.69, 9.17) is 0 Å². The highest BCUT2D eigenvalue weighted by Gasteiger charge is 2.28. The molecule has 1 nitrogen and oxygen atoms in total. The van der Waals surface area contributed by atoms with Crippen molar-refractivity contribution in [3.8, 4) is 0 Å². The third kappa shape index (κ3) is 2.19. The molecule has 0 aromatic rings. The van der Waals surface area contributed by atoms with Crippen LogP contribution in [0.3, 0.4) is 0 Å². The van der Waals surface area contributed by atoms with E-state index in [2.05, 4.69) is 20.8 Å². The minimum Gasteiger partial charge on any atom is -0.393 e. The van der Waals surface area contributed by atoms with E-state index in [1.807, 2.05) is 0 Å². The number of hydrogen-bond acceptors (Lipinski definition) is 1. The molecule has 0 radical (unpaired) electrons. The van der Waals surface area contributed by atoms with E-state index in [1.165, 1.54) is 19.3 Å². The average molecular weight is 156 g/mol. The predicted molar refractivity (Wildman–Crippen MR) is 47.3 cm³/mol. The van der Waals surface area contributed by atoms with Crippen LogP contribution in [0.25, 0.3) is 0 Å². The van der Waals surface area contributed by atoms with Crippen LogP contribution >= 0.6 is 0 Å². The molecule has 1 aliphatic carbocycles. The zero-order chi connectivity index (χ0) is 8.43. The molecule has 1 heteroatoms. The monoisotopic (exact) mass is 156 g/mol. The van der Waals surface area contributed by atoms with Crippen molar-refractivity contribution in [1.82, 2.24) is 0 Å². The minimum absolute atomic E-state index is 0.0556. The molecule has 0 aromatic carbocycles. The van der Waals surface area contributed by atoms with Crippen molar-refractivity contribution < 1.29 is 5.11 Å². The smallest absolute Gasteiger partial charge is 0.0591 e. The molecule has 66 valence electrons. The van der Waals surface area contributed by atoms with E-state index in [0.29, 0.717) is 11.8 Å². The lowest BCUT2D eigenvalue weighted by molar-refractivity contribution is 0.0658. The van der Waals surface area contributed by atoms with Gasteiger partial charge >= 0.3 is 0 Å². The van der Waals surface area contributed by atoms with E-state index >= 15 is 0 Å². The molecule has 1 aliphatic rings. The zero-order valence-corrected chi connectivity index (χ0v) is 7.88. The predicted octanol–water partition coefficient (Wildman–Crippen LogP) is 2.44. The largest absolute Gasteiger partial charge is 0.393 e. The molecule has 0 heterocycles. The molecule has 1 N–H and O–H groups in total. The molecule has 1 rings (SSSR count). The zero-order valence-electron chi connectivity index (χ0n) is 7.88. The van der Waals surface area contributed by atoms with Crippen LogP contribution in [-0.2, 0) is 0 Å². The van der Waals surface area contributed by atoms with Gasteiger partial charge in [-0.05, 0) is 30.6 Å². The third-order valence-electron chi connectivity index (χ3n) is 2.90. The van der Waals surface area contributed by atoms with Crippen LogP contribution in [0, 0.1) is 17.8 Å². The van der Waals surface area contributed by atoms with Gasteiger partial charge < -0.3 is 5.11 Å². The standard InChI is InChI=1S/C10H20O/c1-7(2)10(11)9-5-4-8(3)6-9/h7-11H,4-6H2,1-3H3. The van der Waals surface area contributed by atoms with E-state index in [-0.39, 0.29) is 6.10 Å². The summed E-state index contributed by atoms with van der Waals surface area (Å²) in [7, 11) is 0. The number of aliphatic hydroxyl groups excluding tert-OH is 1. The third-order valence-corrected chi connectivity index (χ3v) is 2.90. The topological polar surface area (TPSA) is 20.2 Å². The summed E-state index contributed by atoms with van der Waals surface area (Å²) in [5.74, 6) is 1.86. The molecule has 11 heavy (non-hydrogen) atoms. The van der Waals surface area contributed by atoms with Crippen LogP contribution in [0.5, 0.6) is 0 Å². The minimum atomic E-state index is -0.0556. The van der Waals surface area contributed by atoms with Gasteiger partial charge in [0.1, 0.15) is 0 Å². The molecule has 0 aromatic heterocycles. The Balaban J connectivity index is 2.36. The Labute approximate surface area is 69.8 Å². The molecule has 0 saturated heterocycles. The average Bonchev–Trinajstić information content (AvgIpc) is 2.34. The van der Waals surface area contributed by atoms with E-state index in [9.17, 15) is 5.11 Å². The normalized spacial score (nSPS) is 34.6. The van der Waals surface area contributed by atoms with Crippen LogP contribution < -0.4 is 0 Å². The maximum Gasteiger partial charge on any atom is 0.0591 e. The molecular weight excluding hydrogens is 136 g/mol. The van der Waals surface area contributed by atoms with Gasteiger partial charge in [0.2, 0.25) is 0 Å². The molecule has 0 aliphatic heterocycles. The van der Waals surface area contributed by atoms with Crippen molar-refractivity contribution in [2.45, 2.75) is 46.1 Å². The van der Waals surface area contributed by atoms with Crippen molar-refractivity contribution in [1.29, 1.82) is 0 Å². The molecule has 0 spiro atoms. The lowest BCUT2D eigenvalue weighted by Gasteiger charge is -2.21. The van der Waals surface area contributed by atoms with Gasteiger partial charge in [-0.15, -0.1) is 0 Å². The molecule has 0 amide bonds. The van der Waals surface area contributed by atoms with E-state index < -0.39 is 0 Å². The van der Waals surface area contributed by atoms with Crippen LogP contribution in [0.15, 0.2) is 0 Å². The fourth-order valence-electron chi connectivity index (χ4n) is 2.11. The Bertz CT molecular complexity index is 120. The van der Waals surface area contributed by atoms with Gasteiger partial charge in [0, 0.05) is 0 Å². The molecule has 0 bridgehead atoms. The van der Waals surface area contributed by atoms with Crippen molar-refractivity contribution >= 4 is 0 Å². The summed E-state index contributed by atoms with van der Waals surface area (Å²) in [6.45, 7) is 6.49. The Morgan fingerprint density at radius 1 is 1.27 bits per heavy atom. The maximum absolute atomic E-state index is 9.74. The number of rotatable bonds is 2. The summed E-state index contributed by atoms with van der Waals surface area (Å²) >= 11 is 0. The van der Waals surface area contributed by atoms with Gasteiger partial charge in [-0.2, -0.15) is 0 Å². The van der Waals surface area contributed by atoms with Crippen LogP contribution in [0.1, 0.15) is 40.0 Å². The second-order valence-electron chi connectivity index (χ2n) is 4.41. The van der Waals surface area contributed by atoms with Gasteiger partial charge in [0.05, 0.1) is 6.10 Å². The second kappa shape index (κ2) is 3.57. The first-order chi connectivity index (χ1) is 5.11. The maximum atomic E-state index is 9.74.